The van der Waals surface area contributed by atoms with E-state index in [-0.39, 0.29) is 12.6 Å². The maximum Gasteiger partial charge on any atom is 0.127 e. The fourth-order valence-electron chi connectivity index (χ4n) is 1.26. The molecule has 0 fully saturated rings. The SMILES string of the molecule is Cc1cccc(CO)c1OC[C@H](C)N. The van der Waals surface area contributed by atoms with E-state index in [4.69, 9.17) is 15.6 Å². The largest absolute Gasteiger partial charge is 0.491 e. The van der Waals surface area contributed by atoms with Crippen molar-refractivity contribution in [2.45, 2.75) is 26.5 Å². The summed E-state index contributed by atoms with van der Waals surface area (Å²) in [6.07, 6.45) is 0. The monoisotopic (exact) mass is 195 g/mol. The Hall–Kier alpha value is -1.06. The molecule has 0 bridgehead atoms. The molecule has 0 unspecified atom stereocenters. The lowest BCUT2D eigenvalue weighted by molar-refractivity contribution is 0.256. The number of aryl methyl sites for hydroxylation is 1. The van der Waals surface area contributed by atoms with E-state index >= 15 is 0 Å². The average Bonchev–Trinajstić information content (AvgIpc) is 2.15. The van der Waals surface area contributed by atoms with Gasteiger partial charge in [0, 0.05) is 11.6 Å². The van der Waals surface area contributed by atoms with Crippen molar-refractivity contribution in [3.05, 3.63) is 29.3 Å². The van der Waals surface area contributed by atoms with Crippen molar-refractivity contribution >= 4 is 0 Å². The third-order valence-corrected chi connectivity index (χ3v) is 1.95. The number of rotatable bonds is 4. The van der Waals surface area contributed by atoms with E-state index in [0.29, 0.717) is 6.61 Å². The molecule has 0 saturated heterocycles. The van der Waals surface area contributed by atoms with Gasteiger partial charge in [0.05, 0.1) is 6.61 Å². The van der Waals surface area contributed by atoms with Gasteiger partial charge >= 0.3 is 0 Å². The highest BCUT2D eigenvalue weighted by Gasteiger charge is 2.06. The number of hydrogen-bond acceptors (Lipinski definition) is 3. The maximum absolute atomic E-state index is 9.10. The minimum absolute atomic E-state index is 0.00106. The van der Waals surface area contributed by atoms with Gasteiger partial charge in [0.2, 0.25) is 0 Å². The number of aliphatic hydroxyl groups is 1. The molecule has 0 aromatic heterocycles. The molecule has 3 heteroatoms. The Bertz CT molecular complexity index is 297. The topological polar surface area (TPSA) is 55.5 Å². The Balaban J connectivity index is 2.82. The minimum atomic E-state index is -0.00400. The molecule has 0 aliphatic heterocycles. The van der Waals surface area contributed by atoms with E-state index in [0.717, 1.165) is 16.9 Å². The predicted molar refractivity (Wildman–Crippen MR) is 56.2 cm³/mol. The van der Waals surface area contributed by atoms with Crippen LogP contribution in [0.25, 0.3) is 0 Å². The van der Waals surface area contributed by atoms with Gasteiger partial charge in [0.25, 0.3) is 0 Å². The Morgan fingerprint density at radius 2 is 2.21 bits per heavy atom. The first-order valence-electron chi connectivity index (χ1n) is 4.73. The lowest BCUT2D eigenvalue weighted by atomic mass is 10.1. The van der Waals surface area contributed by atoms with Crippen LogP contribution in [0.3, 0.4) is 0 Å². The Kier molecular flexibility index (Phi) is 3.92. The van der Waals surface area contributed by atoms with Crippen molar-refractivity contribution < 1.29 is 9.84 Å². The highest BCUT2D eigenvalue weighted by atomic mass is 16.5. The fourth-order valence-corrected chi connectivity index (χ4v) is 1.26. The number of benzene rings is 1. The van der Waals surface area contributed by atoms with Crippen LogP contribution in [0.2, 0.25) is 0 Å². The zero-order valence-corrected chi connectivity index (χ0v) is 8.66. The van der Waals surface area contributed by atoms with Crippen LogP contribution >= 0.6 is 0 Å². The molecule has 0 aliphatic rings. The second-order valence-electron chi connectivity index (χ2n) is 3.51. The minimum Gasteiger partial charge on any atom is -0.491 e. The molecular weight excluding hydrogens is 178 g/mol. The van der Waals surface area contributed by atoms with Crippen LogP contribution in [0.1, 0.15) is 18.1 Å². The summed E-state index contributed by atoms with van der Waals surface area (Å²) in [6, 6.07) is 5.71. The van der Waals surface area contributed by atoms with Crippen molar-refractivity contribution in [2.75, 3.05) is 6.61 Å². The van der Waals surface area contributed by atoms with Gasteiger partial charge in [-0.05, 0) is 19.4 Å². The maximum atomic E-state index is 9.10. The predicted octanol–water partition coefficient (Wildman–Crippen LogP) is 1.21. The summed E-state index contributed by atoms with van der Waals surface area (Å²) in [5.41, 5.74) is 7.43. The van der Waals surface area contributed by atoms with E-state index < -0.39 is 0 Å². The van der Waals surface area contributed by atoms with Crippen LogP contribution in [0.4, 0.5) is 0 Å². The van der Waals surface area contributed by atoms with Gasteiger partial charge in [-0.3, -0.25) is 0 Å². The molecule has 0 heterocycles. The summed E-state index contributed by atoms with van der Waals surface area (Å²) >= 11 is 0. The molecule has 0 amide bonds. The molecule has 3 N–H and O–H groups in total. The molecule has 0 spiro atoms. The van der Waals surface area contributed by atoms with Gasteiger partial charge in [-0.1, -0.05) is 18.2 Å². The lowest BCUT2D eigenvalue weighted by Crippen LogP contribution is -2.24. The first kappa shape index (κ1) is 11.0. The number of para-hydroxylation sites is 1. The Morgan fingerprint density at radius 3 is 2.79 bits per heavy atom. The van der Waals surface area contributed by atoms with E-state index in [1.807, 2.05) is 32.0 Å². The van der Waals surface area contributed by atoms with Crippen LogP contribution in [0.15, 0.2) is 18.2 Å². The van der Waals surface area contributed by atoms with Gasteiger partial charge < -0.3 is 15.6 Å². The molecule has 0 saturated carbocycles. The smallest absolute Gasteiger partial charge is 0.127 e. The number of hydrogen-bond donors (Lipinski definition) is 2. The zero-order chi connectivity index (χ0) is 10.6. The molecule has 14 heavy (non-hydrogen) atoms. The van der Waals surface area contributed by atoms with Crippen molar-refractivity contribution in [1.29, 1.82) is 0 Å². The Morgan fingerprint density at radius 1 is 1.50 bits per heavy atom. The van der Waals surface area contributed by atoms with E-state index in [2.05, 4.69) is 0 Å². The van der Waals surface area contributed by atoms with Crippen LogP contribution in [0.5, 0.6) is 5.75 Å². The number of aliphatic hydroxyl groups excluding tert-OH is 1. The summed E-state index contributed by atoms with van der Waals surface area (Å²) in [6.45, 7) is 4.31. The van der Waals surface area contributed by atoms with E-state index in [1.54, 1.807) is 0 Å². The van der Waals surface area contributed by atoms with Crippen LogP contribution in [-0.2, 0) is 6.61 Å². The normalized spacial score (nSPS) is 12.6. The molecule has 1 aromatic rings. The van der Waals surface area contributed by atoms with Gasteiger partial charge in [0.1, 0.15) is 12.4 Å². The summed E-state index contributed by atoms with van der Waals surface area (Å²) in [4.78, 5) is 0. The third kappa shape index (κ3) is 2.72. The average molecular weight is 195 g/mol. The summed E-state index contributed by atoms with van der Waals surface area (Å²) in [5, 5.41) is 9.10. The summed E-state index contributed by atoms with van der Waals surface area (Å²) < 4.78 is 5.54. The molecule has 0 aliphatic carbocycles. The molecule has 0 radical (unpaired) electrons. The lowest BCUT2D eigenvalue weighted by Gasteiger charge is -2.14. The molecule has 3 nitrogen and oxygen atoms in total. The molecular formula is C11H17NO2. The highest BCUT2D eigenvalue weighted by Crippen LogP contribution is 2.23. The number of nitrogens with two attached hydrogens (primary N) is 1. The van der Waals surface area contributed by atoms with Gasteiger partial charge in [0.15, 0.2) is 0 Å². The summed E-state index contributed by atoms with van der Waals surface area (Å²) in [7, 11) is 0. The van der Waals surface area contributed by atoms with Crippen molar-refractivity contribution in [3.8, 4) is 5.75 Å². The van der Waals surface area contributed by atoms with Gasteiger partial charge in [-0.25, -0.2) is 0 Å². The van der Waals surface area contributed by atoms with Gasteiger partial charge in [-0.2, -0.15) is 0 Å². The van der Waals surface area contributed by atoms with E-state index in [1.165, 1.54) is 0 Å². The highest BCUT2D eigenvalue weighted by molar-refractivity contribution is 5.40. The van der Waals surface area contributed by atoms with E-state index in [9.17, 15) is 0 Å². The van der Waals surface area contributed by atoms with Crippen molar-refractivity contribution in [3.63, 3.8) is 0 Å². The zero-order valence-electron chi connectivity index (χ0n) is 8.66. The van der Waals surface area contributed by atoms with Crippen LogP contribution < -0.4 is 10.5 Å². The van der Waals surface area contributed by atoms with Gasteiger partial charge in [-0.15, -0.1) is 0 Å². The number of ether oxygens (including phenoxy) is 1. The fraction of sp³-hybridized carbons (Fsp3) is 0.455. The molecule has 1 rings (SSSR count). The summed E-state index contributed by atoms with van der Waals surface area (Å²) in [5.74, 6) is 0.757. The van der Waals surface area contributed by atoms with Crippen molar-refractivity contribution in [2.24, 2.45) is 5.73 Å². The van der Waals surface area contributed by atoms with Crippen LogP contribution in [0, 0.1) is 6.92 Å². The third-order valence-electron chi connectivity index (χ3n) is 1.95. The first-order chi connectivity index (χ1) is 6.65. The van der Waals surface area contributed by atoms with Crippen molar-refractivity contribution in [1.82, 2.24) is 0 Å². The van der Waals surface area contributed by atoms with Crippen LogP contribution in [-0.4, -0.2) is 17.8 Å². The quantitative estimate of drug-likeness (QED) is 0.759. The second-order valence-corrected chi connectivity index (χ2v) is 3.51. The standard InChI is InChI=1S/C11H17NO2/c1-8-4-3-5-10(6-13)11(8)14-7-9(2)12/h3-5,9,13H,6-7,12H2,1-2H3/t9-/m0/s1. The second kappa shape index (κ2) is 4.98. The molecule has 1 atom stereocenters. The first-order valence-corrected chi connectivity index (χ1v) is 4.73. The Labute approximate surface area is 84.5 Å². The molecule has 1 aromatic carbocycles. The molecule has 78 valence electrons.